The zero-order valence-corrected chi connectivity index (χ0v) is 17.0. The average molecular weight is 401 g/mol. The predicted molar refractivity (Wildman–Crippen MR) is 90.1 cm³/mol. The van der Waals surface area contributed by atoms with Crippen molar-refractivity contribution in [3.8, 4) is 0 Å². The summed E-state index contributed by atoms with van der Waals surface area (Å²) in [5.74, 6) is 3.23. The van der Waals surface area contributed by atoms with Gasteiger partial charge in [-0.15, -0.1) is 0 Å². The summed E-state index contributed by atoms with van der Waals surface area (Å²) in [5.41, 5.74) is 0. The van der Waals surface area contributed by atoms with E-state index in [2.05, 4.69) is 0 Å². The van der Waals surface area contributed by atoms with Crippen LogP contribution in [0.5, 0.6) is 0 Å². The largest absolute Gasteiger partial charge is 0.400 e. The van der Waals surface area contributed by atoms with Gasteiger partial charge in [-0.3, -0.25) is 9.59 Å². The molecule has 4 saturated carbocycles. The van der Waals surface area contributed by atoms with Gasteiger partial charge >= 0.3 is 18.4 Å². The molecule has 4 aliphatic rings. The molecule has 5 nitrogen and oxygen atoms in total. The second-order valence-corrected chi connectivity index (χ2v) is 8.78. The van der Waals surface area contributed by atoms with Crippen LogP contribution in [-0.4, -0.2) is 25.5 Å². The van der Waals surface area contributed by atoms with E-state index in [9.17, 15) is 9.59 Å². The van der Waals surface area contributed by atoms with Crippen molar-refractivity contribution in [1.82, 2.24) is 0 Å². The van der Waals surface area contributed by atoms with Crippen LogP contribution in [0, 0.1) is 35.5 Å². The SMILES string of the molecule is COC(OC(=O)CC1CC2CCC1C2)OC(=O)CC1CC2CCC1C2.[V]. The van der Waals surface area contributed by atoms with Crippen molar-refractivity contribution in [2.45, 2.75) is 70.7 Å². The first-order chi connectivity index (χ1) is 12.1. The first-order valence-corrected chi connectivity index (χ1v) is 10.0. The van der Waals surface area contributed by atoms with E-state index in [1.54, 1.807) is 0 Å². The Hall–Kier alpha value is -0.516. The van der Waals surface area contributed by atoms with Gasteiger partial charge in [0.2, 0.25) is 0 Å². The molecule has 0 aromatic heterocycles. The van der Waals surface area contributed by atoms with Crippen molar-refractivity contribution in [3.05, 3.63) is 0 Å². The average Bonchev–Trinajstić information content (AvgIpc) is 3.35. The van der Waals surface area contributed by atoms with Gasteiger partial charge in [-0.2, -0.15) is 0 Å². The van der Waals surface area contributed by atoms with Gasteiger partial charge in [0.25, 0.3) is 0 Å². The summed E-state index contributed by atoms with van der Waals surface area (Å²) in [4.78, 5) is 24.4. The van der Waals surface area contributed by atoms with Gasteiger partial charge in [-0.05, 0) is 74.0 Å². The zero-order valence-electron chi connectivity index (χ0n) is 15.6. The molecule has 6 heteroatoms. The fourth-order valence-electron chi connectivity index (χ4n) is 6.11. The van der Waals surface area contributed by atoms with Crippen LogP contribution in [0.4, 0.5) is 0 Å². The maximum Gasteiger partial charge on any atom is 0.364 e. The van der Waals surface area contributed by atoms with E-state index in [1.807, 2.05) is 0 Å². The second kappa shape index (κ2) is 8.66. The molecule has 0 aromatic carbocycles. The van der Waals surface area contributed by atoms with Gasteiger partial charge in [0.1, 0.15) is 0 Å². The van der Waals surface area contributed by atoms with Crippen molar-refractivity contribution in [2.75, 3.05) is 7.11 Å². The molecule has 0 aromatic rings. The molecule has 4 aliphatic carbocycles. The van der Waals surface area contributed by atoms with Crippen molar-refractivity contribution in [1.29, 1.82) is 0 Å². The summed E-state index contributed by atoms with van der Waals surface area (Å²) in [6.45, 7) is -1.20. The Labute approximate surface area is 167 Å². The monoisotopic (exact) mass is 401 g/mol. The van der Waals surface area contributed by atoms with Gasteiger partial charge in [-0.25, -0.2) is 0 Å². The number of ether oxygens (including phenoxy) is 3. The Kier molecular flexibility index (Phi) is 6.74. The predicted octanol–water partition coefficient (Wildman–Crippen LogP) is 3.65. The van der Waals surface area contributed by atoms with Crippen LogP contribution in [0.2, 0.25) is 0 Å². The Morgan fingerprint density at radius 3 is 1.58 bits per heavy atom. The van der Waals surface area contributed by atoms with Gasteiger partial charge in [0, 0.05) is 38.5 Å². The third kappa shape index (κ3) is 4.48. The number of esters is 2. The number of hydrogen-bond donors (Lipinski definition) is 0. The number of hydrogen-bond acceptors (Lipinski definition) is 5. The van der Waals surface area contributed by atoms with E-state index in [0.29, 0.717) is 36.5 Å². The third-order valence-electron chi connectivity index (χ3n) is 7.27. The van der Waals surface area contributed by atoms with Gasteiger partial charge in [0.05, 0.1) is 0 Å². The molecule has 145 valence electrons. The van der Waals surface area contributed by atoms with Gasteiger partial charge in [-0.1, -0.05) is 12.8 Å². The summed E-state index contributed by atoms with van der Waals surface area (Å²) >= 11 is 0. The van der Waals surface area contributed by atoms with Crippen LogP contribution < -0.4 is 0 Å². The first kappa shape index (κ1) is 20.2. The fraction of sp³-hybridized carbons (Fsp3) is 0.900. The maximum atomic E-state index is 12.2. The molecule has 6 atom stereocenters. The molecule has 26 heavy (non-hydrogen) atoms. The molecule has 1 radical (unpaired) electrons. The molecule has 0 N–H and O–H groups in total. The zero-order chi connectivity index (χ0) is 17.4. The topological polar surface area (TPSA) is 61.8 Å². The van der Waals surface area contributed by atoms with E-state index in [0.717, 1.165) is 24.7 Å². The molecule has 4 bridgehead atoms. The van der Waals surface area contributed by atoms with Crippen molar-refractivity contribution >= 4 is 11.9 Å². The van der Waals surface area contributed by atoms with Crippen LogP contribution in [-0.2, 0) is 42.4 Å². The Balaban J connectivity index is 0.00000196. The fourth-order valence-corrected chi connectivity index (χ4v) is 6.11. The molecule has 4 rings (SSSR count). The summed E-state index contributed by atoms with van der Waals surface area (Å²) in [6.07, 6.45) is 10.8. The van der Waals surface area contributed by atoms with Crippen LogP contribution in [0.3, 0.4) is 0 Å². The Bertz CT molecular complexity index is 480. The summed E-state index contributed by atoms with van der Waals surface area (Å²) in [5, 5.41) is 0. The Morgan fingerprint density at radius 1 is 0.808 bits per heavy atom. The minimum atomic E-state index is -1.20. The third-order valence-corrected chi connectivity index (χ3v) is 7.27. The molecule has 0 heterocycles. The van der Waals surface area contributed by atoms with Gasteiger partial charge < -0.3 is 14.2 Å². The van der Waals surface area contributed by atoms with E-state index in [4.69, 9.17) is 14.2 Å². The molecule has 0 spiro atoms. The van der Waals surface area contributed by atoms with Crippen LogP contribution in [0.15, 0.2) is 0 Å². The van der Waals surface area contributed by atoms with Crippen molar-refractivity contribution in [3.63, 3.8) is 0 Å². The minimum Gasteiger partial charge on any atom is -0.400 e. The normalized spacial score (nSPS) is 38.0. The number of rotatable bonds is 7. The van der Waals surface area contributed by atoms with Crippen LogP contribution >= 0.6 is 0 Å². The summed E-state index contributed by atoms with van der Waals surface area (Å²) < 4.78 is 15.6. The van der Waals surface area contributed by atoms with E-state index in [-0.39, 0.29) is 30.5 Å². The van der Waals surface area contributed by atoms with E-state index >= 15 is 0 Å². The quantitative estimate of drug-likeness (QED) is 0.481. The first-order valence-electron chi connectivity index (χ1n) is 10.0. The molecule has 0 aliphatic heterocycles. The molecule has 6 unspecified atom stereocenters. The number of carbonyl (C=O) groups excluding carboxylic acids is 2. The van der Waals surface area contributed by atoms with Gasteiger partial charge in [0.15, 0.2) is 0 Å². The second-order valence-electron chi connectivity index (χ2n) is 8.78. The van der Waals surface area contributed by atoms with Crippen molar-refractivity contribution < 1.29 is 42.4 Å². The molecular weight excluding hydrogens is 371 g/mol. The molecule has 4 fully saturated rings. The molecular formula is C20H30O5V. The smallest absolute Gasteiger partial charge is 0.364 e. The van der Waals surface area contributed by atoms with Crippen LogP contribution in [0.25, 0.3) is 0 Å². The number of carbonyl (C=O) groups is 2. The van der Waals surface area contributed by atoms with Crippen LogP contribution in [0.1, 0.15) is 64.2 Å². The molecule has 0 saturated heterocycles. The summed E-state index contributed by atoms with van der Waals surface area (Å²) in [7, 11) is 1.40. The minimum absolute atomic E-state index is 0. The van der Waals surface area contributed by atoms with Crippen molar-refractivity contribution in [2.24, 2.45) is 35.5 Å². The summed E-state index contributed by atoms with van der Waals surface area (Å²) in [6, 6.07) is 0. The number of methoxy groups -OCH3 is 1. The Morgan fingerprint density at radius 2 is 1.27 bits per heavy atom. The maximum absolute atomic E-state index is 12.2. The standard InChI is InChI=1S/C20H30O5.V/c1-23-20(24-18(21)10-16-8-12-2-4-14(16)6-12)25-19(22)11-17-9-13-3-5-15(17)7-13;/h12-17,20H,2-11H2,1H3;. The molecule has 0 amide bonds. The van der Waals surface area contributed by atoms with E-state index in [1.165, 1.54) is 45.6 Å². The number of fused-ring (bicyclic) bond motifs is 4. The van der Waals surface area contributed by atoms with E-state index < -0.39 is 6.48 Å².